The monoisotopic (exact) mass is 360 g/mol. The van der Waals surface area contributed by atoms with E-state index in [9.17, 15) is 9.59 Å². The molecule has 0 fully saturated rings. The third-order valence-electron chi connectivity index (χ3n) is 3.67. The molecular weight excluding hydrogens is 328 g/mol. The number of ether oxygens (including phenoxy) is 1. The summed E-state index contributed by atoms with van der Waals surface area (Å²) in [5.74, 6) is -0.432. The fourth-order valence-electron chi connectivity index (χ4n) is 2.55. The maximum absolute atomic E-state index is 12.1. The number of hydrogen-bond acceptors (Lipinski definition) is 3. The van der Waals surface area contributed by atoms with Crippen LogP contribution in [0.4, 0.5) is 4.79 Å². The summed E-state index contributed by atoms with van der Waals surface area (Å²) in [5, 5.41) is 2.86. The average Bonchev–Trinajstić information content (AvgIpc) is 2.49. The molecule has 0 heterocycles. The molecule has 26 heavy (non-hydrogen) atoms. The van der Waals surface area contributed by atoms with Crippen molar-refractivity contribution in [2.75, 3.05) is 0 Å². The molecule has 0 radical (unpaired) electrons. The predicted octanol–water partition coefficient (Wildman–Crippen LogP) is 3.83. The fraction of sp³-hybridized carbons (Fsp3) is 0.524. The van der Waals surface area contributed by atoms with E-state index in [0.717, 1.165) is 12.0 Å². The van der Waals surface area contributed by atoms with E-state index in [4.69, 9.17) is 10.5 Å². The van der Waals surface area contributed by atoms with Crippen LogP contribution < -0.4 is 11.1 Å². The maximum atomic E-state index is 12.1. The number of primary amides is 1. The Kier molecular flexibility index (Phi) is 8.36. The van der Waals surface area contributed by atoms with E-state index in [-0.39, 0.29) is 11.9 Å². The van der Waals surface area contributed by atoms with Gasteiger partial charge in [0.2, 0.25) is 5.91 Å². The number of alkyl carbamates (subject to hydrolysis) is 1. The molecule has 2 amide bonds. The highest BCUT2D eigenvalue weighted by Gasteiger charge is 2.20. The van der Waals surface area contributed by atoms with Gasteiger partial charge in [-0.3, -0.25) is 4.79 Å². The lowest BCUT2D eigenvalue weighted by atomic mass is 9.96. The van der Waals surface area contributed by atoms with E-state index in [1.54, 1.807) is 6.08 Å². The normalized spacial score (nSPS) is 14.2. The number of nitrogens with two attached hydrogens (primary N) is 1. The molecule has 5 heteroatoms. The largest absolute Gasteiger partial charge is 0.444 e. The Bertz CT molecular complexity index is 603. The maximum Gasteiger partial charge on any atom is 0.408 e. The lowest BCUT2D eigenvalue weighted by molar-refractivity contribution is -0.120. The van der Waals surface area contributed by atoms with Crippen LogP contribution in [0.2, 0.25) is 0 Å². The number of benzene rings is 1. The predicted molar refractivity (Wildman–Crippen MR) is 105 cm³/mol. The molecular formula is C21H32N2O3. The first kappa shape index (κ1) is 21.7. The van der Waals surface area contributed by atoms with Crippen molar-refractivity contribution in [3.05, 3.63) is 48.0 Å². The molecule has 1 aromatic carbocycles. The second kappa shape index (κ2) is 10.00. The van der Waals surface area contributed by atoms with Gasteiger partial charge in [0.1, 0.15) is 5.60 Å². The fourth-order valence-corrected chi connectivity index (χ4v) is 2.55. The van der Waals surface area contributed by atoms with Crippen molar-refractivity contribution in [3.63, 3.8) is 0 Å². The van der Waals surface area contributed by atoms with Crippen molar-refractivity contribution in [1.82, 2.24) is 5.32 Å². The Morgan fingerprint density at radius 2 is 1.77 bits per heavy atom. The standard InChI is InChI=1S/C21H32N2O3/c1-15(2)13-18(23-20(25)26-21(3,4)5)12-11-17(19(22)24)14-16-9-7-6-8-10-16/h6-12,15,17-18H,13-14H2,1-5H3,(H2,22,24)(H,23,25)/b12-11+/t17-,18-/m1/s1. The molecule has 5 nitrogen and oxygen atoms in total. The van der Waals surface area contributed by atoms with E-state index in [2.05, 4.69) is 19.2 Å². The molecule has 0 spiro atoms. The van der Waals surface area contributed by atoms with Gasteiger partial charge < -0.3 is 15.8 Å². The topological polar surface area (TPSA) is 81.4 Å². The molecule has 0 aliphatic rings. The average molecular weight is 360 g/mol. The minimum Gasteiger partial charge on any atom is -0.444 e. The molecule has 0 saturated carbocycles. The number of carbonyl (C=O) groups excluding carboxylic acids is 2. The van der Waals surface area contributed by atoms with E-state index < -0.39 is 17.6 Å². The number of hydrogen-bond donors (Lipinski definition) is 2. The summed E-state index contributed by atoms with van der Waals surface area (Å²) in [7, 11) is 0. The van der Waals surface area contributed by atoms with Gasteiger partial charge in [0.25, 0.3) is 0 Å². The first-order chi connectivity index (χ1) is 12.1. The number of carbonyl (C=O) groups is 2. The van der Waals surface area contributed by atoms with Gasteiger partial charge in [-0.1, -0.05) is 56.3 Å². The summed E-state index contributed by atoms with van der Waals surface area (Å²) in [6.07, 6.45) is 4.45. The lowest BCUT2D eigenvalue weighted by Gasteiger charge is -2.23. The molecule has 2 atom stereocenters. The Morgan fingerprint density at radius 1 is 1.15 bits per heavy atom. The van der Waals surface area contributed by atoms with Crippen molar-refractivity contribution in [1.29, 1.82) is 0 Å². The van der Waals surface area contributed by atoms with E-state index in [1.165, 1.54) is 0 Å². The van der Waals surface area contributed by atoms with E-state index in [1.807, 2.05) is 57.2 Å². The van der Waals surface area contributed by atoms with Gasteiger partial charge in [-0.05, 0) is 45.1 Å². The second-order valence-corrected chi connectivity index (χ2v) is 7.97. The highest BCUT2D eigenvalue weighted by Crippen LogP contribution is 2.14. The molecule has 0 aliphatic carbocycles. The van der Waals surface area contributed by atoms with Crippen LogP contribution in [-0.2, 0) is 16.0 Å². The third-order valence-corrected chi connectivity index (χ3v) is 3.67. The Morgan fingerprint density at radius 3 is 2.27 bits per heavy atom. The highest BCUT2D eigenvalue weighted by atomic mass is 16.6. The first-order valence-corrected chi connectivity index (χ1v) is 9.08. The van der Waals surface area contributed by atoms with Gasteiger partial charge in [-0.15, -0.1) is 0 Å². The van der Waals surface area contributed by atoms with Gasteiger partial charge in [-0.2, -0.15) is 0 Å². The molecule has 144 valence electrons. The van der Waals surface area contributed by atoms with Crippen molar-refractivity contribution in [2.24, 2.45) is 17.6 Å². The van der Waals surface area contributed by atoms with Gasteiger partial charge in [-0.25, -0.2) is 4.79 Å². The van der Waals surface area contributed by atoms with Crippen LogP contribution in [-0.4, -0.2) is 23.6 Å². The van der Waals surface area contributed by atoms with Crippen LogP contribution in [0.25, 0.3) is 0 Å². The lowest BCUT2D eigenvalue weighted by Crippen LogP contribution is -2.39. The smallest absolute Gasteiger partial charge is 0.408 e. The van der Waals surface area contributed by atoms with Crippen molar-refractivity contribution in [3.8, 4) is 0 Å². The molecule has 0 saturated heterocycles. The van der Waals surface area contributed by atoms with Gasteiger partial charge >= 0.3 is 6.09 Å². The SMILES string of the molecule is CC(C)C[C@@H](/C=C/[C@H](Cc1ccccc1)C(N)=O)NC(=O)OC(C)(C)C. The summed E-state index contributed by atoms with van der Waals surface area (Å²) in [4.78, 5) is 23.9. The summed E-state index contributed by atoms with van der Waals surface area (Å²) < 4.78 is 5.32. The number of rotatable bonds is 8. The molecule has 1 aromatic rings. The van der Waals surface area contributed by atoms with Crippen molar-refractivity contribution < 1.29 is 14.3 Å². The van der Waals surface area contributed by atoms with Crippen LogP contribution in [0.1, 0.15) is 46.6 Å². The molecule has 1 rings (SSSR count). The summed E-state index contributed by atoms with van der Waals surface area (Å²) in [5.41, 5.74) is 6.04. The molecule has 0 aliphatic heterocycles. The third kappa shape index (κ3) is 9.25. The Labute approximate surface area is 157 Å². The second-order valence-electron chi connectivity index (χ2n) is 7.97. The van der Waals surface area contributed by atoms with E-state index >= 15 is 0 Å². The zero-order valence-electron chi connectivity index (χ0n) is 16.5. The van der Waals surface area contributed by atoms with Crippen LogP contribution in [0.5, 0.6) is 0 Å². The van der Waals surface area contributed by atoms with Crippen LogP contribution in [0.3, 0.4) is 0 Å². The number of nitrogens with one attached hydrogen (secondary N) is 1. The molecule has 3 N–H and O–H groups in total. The molecule has 0 aromatic heterocycles. The Hall–Kier alpha value is -2.30. The zero-order valence-corrected chi connectivity index (χ0v) is 16.5. The first-order valence-electron chi connectivity index (χ1n) is 9.08. The van der Waals surface area contributed by atoms with Crippen LogP contribution in [0, 0.1) is 11.8 Å². The number of amides is 2. The van der Waals surface area contributed by atoms with Gasteiger partial charge in [0.15, 0.2) is 0 Å². The Balaban J connectivity index is 2.81. The van der Waals surface area contributed by atoms with Crippen LogP contribution in [0.15, 0.2) is 42.5 Å². The minimum absolute atomic E-state index is 0.220. The van der Waals surface area contributed by atoms with E-state index in [0.29, 0.717) is 12.3 Å². The molecule has 0 bridgehead atoms. The van der Waals surface area contributed by atoms with Gasteiger partial charge in [0.05, 0.1) is 12.0 Å². The highest BCUT2D eigenvalue weighted by molar-refractivity contribution is 5.79. The summed E-state index contributed by atoms with van der Waals surface area (Å²) in [6.45, 7) is 9.62. The van der Waals surface area contributed by atoms with Crippen molar-refractivity contribution in [2.45, 2.75) is 59.1 Å². The van der Waals surface area contributed by atoms with Gasteiger partial charge in [0, 0.05) is 0 Å². The quantitative estimate of drug-likeness (QED) is 0.691. The van der Waals surface area contributed by atoms with Crippen molar-refractivity contribution >= 4 is 12.0 Å². The summed E-state index contributed by atoms with van der Waals surface area (Å²) in [6, 6.07) is 9.51. The summed E-state index contributed by atoms with van der Waals surface area (Å²) >= 11 is 0. The molecule has 0 unspecified atom stereocenters. The zero-order chi connectivity index (χ0) is 19.7. The van der Waals surface area contributed by atoms with Crippen LogP contribution >= 0.6 is 0 Å². The minimum atomic E-state index is -0.556.